The largest absolute Gasteiger partial charge is 0.308 e. The minimum Gasteiger partial charge on any atom is -0.308 e. The second kappa shape index (κ2) is 10.3. The van der Waals surface area contributed by atoms with E-state index in [4.69, 9.17) is 0 Å². The highest BCUT2D eigenvalue weighted by Gasteiger charge is 2.47. The van der Waals surface area contributed by atoms with Crippen LogP contribution in [0.4, 0.5) is 0 Å². The molecule has 0 amide bonds. The van der Waals surface area contributed by atoms with Crippen LogP contribution in [0.3, 0.4) is 0 Å². The fourth-order valence-corrected chi connectivity index (χ4v) is 14.3. The van der Waals surface area contributed by atoms with E-state index in [1.807, 2.05) is 0 Å². The first-order valence-electron chi connectivity index (χ1n) is 20.5. The Morgan fingerprint density at radius 1 is 0.434 bits per heavy atom. The van der Waals surface area contributed by atoms with E-state index in [-0.39, 0.29) is 0 Å². The molecule has 8 bridgehead atoms. The van der Waals surface area contributed by atoms with Crippen LogP contribution in [0.25, 0.3) is 60.3 Å². The first-order valence-corrected chi connectivity index (χ1v) is 20.5. The quantitative estimate of drug-likeness (QED) is 0.182. The minimum atomic E-state index is 0.476. The molecular formula is C50H41N3. The number of benzene rings is 5. The molecule has 5 aromatic carbocycles. The molecule has 0 N–H and O–H groups in total. The van der Waals surface area contributed by atoms with Crippen LogP contribution in [-0.4, -0.2) is 4.40 Å². The second-order valence-electron chi connectivity index (χ2n) is 18.3. The Labute approximate surface area is 310 Å². The fraction of sp³-hybridized carbons (Fsp3) is 0.360. The zero-order chi connectivity index (χ0) is 34.7. The Kier molecular flexibility index (Phi) is 5.70. The minimum absolute atomic E-state index is 0.476. The van der Waals surface area contributed by atoms with Crippen LogP contribution in [0.15, 0.2) is 78.9 Å². The summed E-state index contributed by atoms with van der Waals surface area (Å²) >= 11 is 0. The molecule has 8 aliphatic rings. The number of fused-ring (bicyclic) bond motifs is 6. The third-order valence-electron chi connectivity index (χ3n) is 15.6. The summed E-state index contributed by atoms with van der Waals surface area (Å²) in [7, 11) is 0. The van der Waals surface area contributed by atoms with Crippen molar-refractivity contribution in [1.82, 2.24) is 4.40 Å². The van der Waals surface area contributed by atoms with Gasteiger partial charge in [-0.05, 0) is 174 Å². The Hall–Kier alpha value is -5.12. The first-order chi connectivity index (χ1) is 26.1. The molecule has 4 fully saturated rings. The molecule has 4 atom stereocenters. The van der Waals surface area contributed by atoms with Crippen LogP contribution < -0.4 is 0 Å². The Bertz CT molecular complexity index is 2600. The molecule has 0 spiro atoms. The van der Waals surface area contributed by atoms with Crippen molar-refractivity contribution in [2.45, 2.75) is 87.9 Å². The zero-order valence-electron chi connectivity index (χ0n) is 30.0. The summed E-state index contributed by atoms with van der Waals surface area (Å²) in [5.74, 6) is 4.99. The molecule has 2 heterocycles. The van der Waals surface area contributed by atoms with Crippen LogP contribution in [0.5, 0.6) is 0 Å². The molecule has 0 aliphatic heterocycles. The third-order valence-corrected chi connectivity index (χ3v) is 15.6. The van der Waals surface area contributed by atoms with Gasteiger partial charge in [0, 0.05) is 21.5 Å². The Balaban J connectivity index is 1.30. The topological polar surface area (TPSA) is 52.0 Å². The highest BCUT2D eigenvalue weighted by molar-refractivity contribution is 6.32. The van der Waals surface area contributed by atoms with E-state index in [0.29, 0.717) is 23.7 Å². The number of nitrogens with zero attached hydrogens (tertiary/aromatic N) is 3. The maximum atomic E-state index is 11.0. The van der Waals surface area contributed by atoms with Gasteiger partial charge in [-0.2, -0.15) is 10.5 Å². The van der Waals surface area contributed by atoms with Crippen LogP contribution in [-0.2, 0) is 0 Å². The molecule has 3 heteroatoms. The van der Waals surface area contributed by atoms with Crippen LogP contribution in [0.1, 0.15) is 121 Å². The zero-order valence-corrected chi connectivity index (χ0v) is 30.0. The summed E-state index contributed by atoms with van der Waals surface area (Å²) in [4.78, 5) is 0. The predicted molar refractivity (Wildman–Crippen MR) is 212 cm³/mol. The maximum absolute atomic E-state index is 11.0. The highest BCUT2D eigenvalue weighted by atomic mass is 14.9. The van der Waals surface area contributed by atoms with Gasteiger partial charge in [-0.1, -0.05) is 60.7 Å². The van der Waals surface area contributed by atoms with Gasteiger partial charge in [0.1, 0.15) is 0 Å². The van der Waals surface area contributed by atoms with E-state index in [2.05, 4.69) is 95.4 Å². The predicted octanol–water partition coefficient (Wildman–Crippen LogP) is 12.7. The molecule has 7 aromatic rings. The molecule has 2 aromatic heterocycles. The van der Waals surface area contributed by atoms with Crippen molar-refractivity contribution >= 4 is 38.1 Å². The van der Waals surface area contributed by atoms with Crippen molar-refractivity contribution in [3.05, 3.63) is 112 Å². The molecule has 15 rings (SSSR count). The fourth-order valence-electron chi connectivity index (χ4n) is 14.3. The van der Waals surface area contributed by atoms with Crippen molar-refractivity contribution in [3.63, 3.8) is 0 Å². The molecule has 8 aliphatic carbocycles. The lowest BCUT2D eigenvalue weighted by Gasteiger charge is -2.38. The van der Waals surface area contributed by atoms with Gasteiger partial charge in [0.15, 0.2) is 0 Å². The molecular weight excluding hydrogens is 643 g/mol. The van der Waals surface area contributed by atoms with Gasteiger partial charge in [0.05, 0.1) is 39.8 Å². The molecule has 256 valence electrons. The monoisotopic (exact) mass is 683 g/mol. The molecule has 4 saturated carbocycles. The third kappa shape index (κ3) is 3.74. The van der Waals surface area contributed by atoms with Crippen molar-refractivity contribution in [2.24, 2.45) is 23.7 Å². The van der Waals surface area contributed by atoms with Crippen molar-refractivity contribution < 1.29 is 0 Å². The normalized spacial score (nSPS) is 29.1. The van der Waals surface area contributed by atoms with Crippen LogP contribution in [0.2, 0.25) is 0 Å². The maximum Gasteiger partial charge on any atom is 0.0995 e. The number of aromatic nitrogens is 1. The Morgan fingerprint density at radius 3 is 1.19 bits per heavy atom. The van der Waals surface area contributed by atoms with Gasteiger partial charge in [0.2, 0.25) is 0 Å². The van der Waals surface area contributed by atoms with Gasteiger partial charge in [-0.3, -0.25) is 0 Å². The van der Waals surface area contributed by atoms with Crippen LogP contribution >= 0.6 is 0 Å². The summed E-state index contributed by atoms with van der Waals surface area (Å²) < 4.78 is 2.57. The summed E-state index contributed by atoms with van der Waals surface area (Å²) in [5, 5.41) is 27.6. The lowest BCUT2D eigenvalue weighted by molar-refractivity contribution is 0.166. The van der Waals surface area contributed by atoms with Gasteiger partial charge in [-0.15, -0.1) is 0 Å². The lowest BCUT2D eigenvalue weighted by atomic mass is 9.67. The van der Waals surface area contributed by atoms with Gasteiger partial charge >= 0.3 is 0 Å². The Morgan fingerprint density at radius 2 is 0.811 bits per heavy atom. The second-order valence-corrected chi connectivity index (χ2v) is 18.3. The summed E-state index contributed by atoms with van der Waals surface area (Å²) in [5.41, 5.74) is 16.3. The first kappa shape index (κ1) is 29.3. The number of rotatable bonds is 2. The van der Waals surface area contributed by atoms with Crippen molar-refractivity contribution in [3.8, 4) is 34.4 Å². The number of nitriles is 2. The van der Waals surface area contributed by atoms with Crippen molar-refractivity contribution in [2.75, 3.05) is 0 Å². The van der Waals surface area contributed by atoms with Crippen molar-refractivity contribution in [1.29, 1.82) is 10.5 Å². The van der Waals surface area contributed by atoms with E-state index in [1.54, 1.807) is 0 Å². The van der Waals surface area contributed by atoms with E-state index < -0.39 is 0 Å². The average Bonchev–Trinajstić information content (AvgIpc) is 3.56. The van der Waals surface area contributed by atoms with E-state index in [9.17, 15) is 10.5 Å². The van der Waals surface area contributed by atoms with Gasteiger partial charge < -0.3 is 4.40 Å². The van der Waals surface area contributed by atoms with E-state index in [1.165, 1.54) is 147 Å². The molecule has 0 saturated heterocycles. The average molecular weight is 684 g/mol. The molecule has 3 nitrogen and oxygen atoms in total. The molecule has 0 radical (unpaired) electrons. The summed E-state index contributed by atoms with van der Waals surface area (Å²) in [6, 6.07) is 34.9. The molecule has 53 heavy (non-hydrogen) atoms. The van der Waals surface area contributed by atoms with Gasteiger partial charge in [-0.25, -0.2) is 0 Å². The summed E-state index contributed by atoms with van der Waals surface area (Å²) in [6.45, 7) is 0. The lowest BCUT2D eigenvalue weighted by Crippen LogP contribution is -2.25. The standard InChI is InChI=1S/C50H41N3/c51-24-36-21-40-48(44-34-17-26-11-27(18-34)14-32(13-26)42(36)44)46-38(30-7-3-1-4-8-30)23-39(31-9-5-2-6-10-31)47-49-41(53(40)50(46)47)22-37(25-52)43-33-15-28-12-29(16-33)20-35(19-28)45(43)49/h1-10,21-23,26-29,32-35H,11-20H2. The summed E-state index contributed by atoms with van der Waals surface area (Å²) in [6.07, 6.45) is 12.7. The number of hydrogen-bond donors (Lipinski definition) is 0. The SMILES string of the molecule is N#Cc1cc2c(c3c1C1CC4CC(C1)CC3C4)c1c(-c3ccccc3)cc(-c3ccccc3)c3c4c5c(c(C#N)cc4n2c13)C1CC2CC(C1)CC5C2. The van der Waals surface area contributed by atoms with Gasteiger partial charge in [0.25, 0.3) is 0 Å². The van der Waals surface area contributed by atoms with Crippen LogP contribution in [0, 0.1) is 46.3 Å². The molecule has 4 unspecified atom stereocenters. The smallest absolute Gasteiger partial charge is 0.0995 e. The van der Waals surface area contributed by atoms with E-state index in [0.717, 1.165) is 34.8 Å². The van der Waals surface area contributed by atoms with E-state index >= 15 is 0 Å². The highest BCUT2D eigenvalue weighted by Crippen LogP contribution is 2.63. The number of hydrogen-bond acceptors (Lipinski definition) is 2.